The maximum absolute atomic E-state index is 9.41. The molecule has 2 N–H and O–H groups in total. The van der Waals surface area contributed by atoms with Gasteiger partial charge in [0.1, 0.15) is 11.6 Å². The molecule has 2 atom stereocenters. The van der Waals surface area contributed by atoms with E-state index in [2.05, 4.69) is 21.4 Å². The minimum atomic E-state index is 0.262. The van der Waals surface area contributed by atoms with E-state index in [9.17, 15) is 5.11 Å². The number of rotatable bonds is 6. The lowest BCUT2D eigenvalue weighted by atomic mass is 9.97. The lowest BCUT2D eigenvalue weighted by Crippen LogP contribution is -2.02. The van der Waals surface area contributed by atoms with Gasteiger partial charge in [0.25, 0.3) is 0 Å². The van der Waals surface area contributed by atoms with Crippen LogP contribution < -0.4 is 10.1 Å². The average molecular weight is 361 g/mol. The Morgan fingerprint density at radius 3 is 2.56 bits per heavy atom. The molecule has 5 heteroatoms. The molecule has 1 fully saturated rings. The number of nitrogens with zero attached hydrogens (tertiary/aromatic N) is 2. The van der Waals surface area contributed by atoms with Crippen LogP contribution in [-0.4, -0.2) is 21.7 Å². The highest BCUT2D eigenvalue weighted by Gasteiger charge is 2.28. The third-order valence-corrected chi connectivity index (χ3v) is 5.05. The second-order valence-electron chi connectivity index (χ2n) is 6.92. The van der Waals surface area contributed by atoms with Gasteiger partial charge in [0.15, 0.2) is 0 Å². The molecule has 2 unspecified atom stereocenters. The highest BCUT2D eigenvalue weighted by molar-refractivity contribution is 5.57. The Bertz CT molecular complexity index is 868. The van der Waals surface area contributed by atoms with Gasteiger partial charge < -0.3 is 15.2 Å². The topological polar surface area (TPSA) is 67.3 Å². The van der Waals surface area contributed by atoms with E-state index < -0.39 is 0 Å². The van der Waals surface area contributed by atoms with Crippen LogP contribution >= 0.6 is 0 Å². The zero-order valence-corrected chi connectivity index (χ0v) is 15.1. The Hall–Kier alpha value is -2.92. The SMILES string of the molecule is OCC1CCC(c2cccnc2Oc2ccc(Nc3ccccn3)cc2)C1. The quantitative estimate of drug-likeness (QED) is 0.654. The van der Waals surface area contributed by atoms with E-state index in [0.717, 1.165) is 42.1 Å². The van der Waals surface area contributed by atoms with Gasteiger partial charge in [-0.2, -0.15) is 0 Å². The predicted molar refractivity (Wildman–Crippen MR) is 105 cm³/mol. The van der Waals surface area contributed by atoms with Crippen molar-refractivity contribution in [2.45, 2.75) is 25.2 Å². The normalized spacial score (nSPS) is 19.0. The summed E-state index contributed by atoms with van der Waals surface area (Å²) < 4.78 is 6.08. The first-order valence-electron chi connectivity index (χ1n) is 9.33. The molecule has 138 valence electrons. The third kappa shape index (κ3) is 4.26. The smallest absolute Gasteiger partial charge is 0.222 e. The van der Waals surface area contributed by atoms with Crippen molar-refractivity contribution in [1.29, 1.82) is 0 Å². The largest absolute Gasteiger partial charge is 0.439 e. The second-order valence-corrected chi connectivity index (χ2v) is 6.92. The summed E-state index contributed by atoms with van der Waals surface area (Å²) in [6, 6.07) is 17.6. The van der Waals surface area contributed by atoms with E-state index in [4.69, 9.17) is 4.74 Å². The Morgan fingerprint density at radius 2 is 1.81 bits per heavy atom. The summed E-state index contributed by atoms with van der Waals surface area (Å²) in [7, 11) is 0. The summed E-state index contributed by atoms with van der Waals surface area (Å²) in [5.41, 5.74) is 2.08. The second kappa shape index (κ2) is 8.18. The number of hydrogen-bond donors (Lipinski definition) is 2. The van der Waals surface area contributed by atoms with Crippen LogP contribution in [-0.2, 0) is 0 Å². The van der Waals surface area contributed by atoms with Crippen LogP contribution in [0.25, 0.3) is 0 Å². The Balaban J connectivity index is 1.46. The fourth-order valence-corrected chi connectivity index (χ4v) is 3.63. The van der Waals surface area contributed by atoms with Crippen molar-refractivity contribution < 1.29 is 9.84 Å². The first-order chi connectivity index (χ1) is 13.3. The van der Waals surface area contributed by atoms with Gasteiger partial charge in [-0.05, 0) is 73.6 Å². The summed E-state index contributed by atoms with van der Waals surface area (Å²) >= 11 is 0. The van der Waals surface area contributed by atoms with Crippen LogP contribution in [0.5, 0.6) is 11.6 Å². The van der Waals surface area contributed by atoms with Crippen LogP contribution in [0, 0.1) is 5.92 Å². The monoisotopic (exact) mass is 361 g/mol. The van der Waals surface area contributed by atoms with Gasteiger partial charge >= 0.3 is 0 Å². The van der Waals surface area contributed by atoms with E-state index >= 15 is 0 Å². The Labute approximate surface area is 159 Å². The highest BCUT2D eigenvalue weighted by atomic mass is 16.5. The molecular formula is C22H23N3O2. The molecule has 2 heterocycles. The highest BCUT2D eigenvalue weighted by Crippen LogP contribution is 2.41. The van der Waals surface area contributed by atoms with Crippen molar-refractivity contribution in [3.05, 3.63) is 72.6 Å². The summed E-state index contributed by atoms with van der Waals surface area (Å²) in [5.74, 6) is 3.00. The van der Waals surface area contributed by atoms with Crippen molar-refractivity contribution >= 4 is 11.5 Å². The molecule has 0 spiro atoms. The number of anilines is 2. The van der Waals surface area contributed by atoms with Gasteiger partial charge in [0.2, 0.25) is 5.88 Å². The van der Waals surface area contributed by atoms with Crippen LogP contribution in [0.2, 0.25) is 0 Å². The van der Waals surface area contributed by atoms with Crippen molar-refractivity contribution in [2.75, 3.05) is 11.9 Å². The number of nitrogens with one attached hydrogen (secondary N) is 1. The Morgan fingerprint density at radius 1 is 0.963 bits per heavy atom. The zero-order chi connectivity index (χ0) is 18.5. The van der Waals surface area contributed by atoms with Crippen molar-refractivity contribution in [1.82, 2.24) is 9.97 Å². The zero-order valence-electron chi connectivity index (χ0n) is 15.1. The lowest BCUT2D eigenvalue weighted by Gasteiger charge is -2.15. The Kier molecular flexibility index (Phi) is 5.30. The maximum Gasteiger partial charge on any atom is 0.222 e. The third-order valence-electron chi connectivity index (χ3n) is 5.05. The molecule has 4 rings (SSSR count). The minimum Gasteiger partial charge on any atom is -0.439 e. The van der Waals surface area contributed by atoms with Crippen molar-refractivity contribution in [3.63, 3.8) is 0 Å². The summed E-state index contributed by atoms with van der Waals surface area (Å²) in [5, 5.41) is 12.7. The van der Waals surface area contributed by atoms with Crippen LogP contribution in [0.15, 0.2) is 67.0 Å². The first-order valence-corrected chi connectivity index (χ1v) is 9.33. The van der Waals surface area contributed by atoms with E-state index in [0.29, 0.717) is 17.7 Å². The number of benzene rings is 1. The van der Waals surface area contributed by atoms with Crippen molar-refractivity contribution in [3.8, 4) is 11.6 Å². The minimum absolute atomic E-state index is 0.262. The van der Waals surface area contributed by atoms with E-state index in [1.54, 1.807) is 12.4 Å². The fourth-order valence-electron chi connectivity index (χ4n) is 3.63. The fraction of sp³-hybridized carbons (Fsp3) is 0.273. The molecule has 2 aromatic heterocycles. The molecule has 5 nitrogen and oxygen atoms in total. The summed E-state index contributed by atoms with van der Waals surface area (Å²) in [4.78, 5) is 8.71. The molecule has 0 aliphatic heterocycles. The van der Waals surface area contributed by atoms with Crippen LogP contribution in [0.3, 0.4) is 0 Å². The molecule has 0 bridgehead atoms. The molecule has 0 radical (unpaired) electrons. The molecule has 1 aromatic carbocycles. The molecule has 0 amide bonds. The standard InChI is InChI=1S/C22H23N3O2/c26-15-16-6-7-17(14-16)20-4-3-13-24-22(20)27-19-10-8-18(9-11-19)25-21-5-1-2-12-23-21/h1-5,8-13,16-17,26H,6-7,14-15H2,(H,23,25). The lowest BCUT2D eigenvalue weighted by molar-refractivity contribution is 0.228. The summed E-state index contributed by atoms with van der Waals surface area (Å²) in [6.45, 7) is 0.262. The first kappa shape index (κ1) is 17.5. The summed E-state index contributed by atoms with van der Waals surface area (Å²) in [6.07, 6.45) is 6.64. The molecule has 3 aromatic rings. The van der Waals surface area contributed by atoms with Gasteiger partial charge in [-0.15, -0.1) is 0 Å². The molecule has 27 heavy (non-hydrogen) atoms. The number of aliphatic hydroxyl groups is 1. The van der Waals surface area contributed by atoms with Gasteiger partial charge in [-0.1, -0.05) is 12.1 Å². The molecule has 0 saturated heterocycles. The van der Waals surface area contributed by atoms with Crippen LogP contribution in [0.1, 0.15) is 30.7 Å². The molecule has 1 aliphatic carbocycles. The van der Waals surface area contributed by atoms with Crippen LogP contribution in [0.4, 0.5) is 11.5 Å². The molecule has 1 saturated carbocycles. The van der Waals surface area contributed by atoms with Gasteiger partial charge in [-0.3, -0.25) is 0 Å². The van der Waals surface area contributed by atoms with E-state index in [-0.39, 0.29) is 6.61 Å². The molecular weight excluding hydrogens is 338 g/mol. The number of pyridine rings is 2. The van der Waals surface area contributed by atoms with Gasteiger partial charge in [-0.25, -0.2) is 9.97 Å². The maximum atomic E-state index is 9.41. The molecule has 1 aliphatic rings. The number of aliphatic hydroxyl groups excluding tert-OH is 1. The van der Waals surface area contributed by atoms with Gasteiger partial charge in [0, 0.05) is 30.3 Å². The van der Waals surface area contributed by atoms with E-state index in [1.807, 2.05) is 48.5 Å². The van der Waals surface area contributed by atoms with Crippen molar-refractivity contribution in [2.24, 2.45) is 5.92 Å². The van der Waals surface area contributed by atoms with E-state index in [1.165, 1.54) is 0 Å². The average Bonchev–Trinajstić information content (AvgIpc) is 3.20. The number of aromatic nitrogens is 2. The number of ether oxygens (including phenoxy) is 1. The van der Waals surface area contributed by atoms with Gasteiger partial charge in [0.05, 0.1) is 0 Å². The number of hydrogen-bond acceptors (Lipinski definition) is 5. The predicted octanol–water partition coefficient (Wildman–Crippen LogP) is 4.89.